The molecule has 3 aromatic rings. The summed E-state index contributed by atoms with van der Waals surface area (Å²) < 4.78 is 6.44. The molecule has 4 rings (SSSR count). The fourth-order valence-electron chi connectivity index (χ4n) is 3.65. The molecule has 0 aliphatic carbocycles. The lowest BCUT2D eigenvalue weighted by molar-refractivity contribution is -0.132. The number of hydrogen-bond acceptors (Lipinski definition) is 5. The fraction of sp³-hybridized carbons (Fsp3) is 0.160. The van der Waals surface area contributed by atoms with Crippen molar-refractivity contribution in [2.75, 3.05) is 11.5 Å². The number of carbonyl (C=O) groups excluding carboxylic acids is 2. The molecule has 6 nitrogen and oxygen atoms in total. The molecule has 1 N–H and O–H groups in total. The van der Waals surface area contributed by atoms with E-state index in [0.29, 0.717) is 29.2 Å². The molecule has 32 heavy (non-hydrogen) atoms. The normalized spacial score (nSPS) is 17.6. The summed E-state index contributed by atoms with van der Waals surface area (Å²) in [5.41, 5.74) is 1.69. The van der Waals surface area contributed by atoms with Gasteiger partial charge in [0.05, 0.1) is 18.2 Å². The van der Waals surface area contributed by atoms with Crippen LogP contribution < -0.4 is 9.64 Å². The van der Waals surface area contributed by atoms with Gasteiger partial charge in [-0.15, -0.1) is 0 Å². The van der Waals surface area contributed by atoms with E-state index in [2.05, 4.69) is 20.9 Å². The number of carbonyl (C=O) groups is 2. The third-order valence-electron chi connectivity index (χ3n) is 5.17. The number of aromatic nitrogens is 1. The second kappa shape index (κ2) is 9.36. The Bertz CT molecular complexity index is 1160. The van der Waals surface area contributed by atoms with Crippen LogP contribution in [0.2, 0.25) is 0 Å². The van der Waals surface area contributed by atoms with Gasteiger partial charge in [0.1, 0.15) is 11.5 Å². The third-order valence-corrected chi connectivity index (χ3v) is 5.70. The van der Waals surface area contributed by atoms with E-state index < -0.39 is 17.7 Å². The summed E-state index contributed by atoms with van der Waals surface area (Å²) in [4.78, 5) is 31.6. The summed E-state index contributed by atoms with van der Waals surface area (Å²) in [6.45, 7) is 2.61. The van der Waals surface area contributed by atoms with Gasteiger partial charge in [0.15, 0.2) is 0 Å². The van der Waals surface area contributed by atoms with Crippen LogP contribution in [-0.4, -0.2) is 28.4 Å². The molecule has 0 bridgehead atoms. The number of hydrogen-bond donors (Lipinski definition) is 1. The van der Waals surface area contributed by atoms with Crippen molar-refractivity contribution in [2.45, 2.75) is 19.4 Å². The molecule has 1 atom stereocenters. The molecule has 2 aromatic carbocycles. The molecule has 162 valence electrons. The van der Waals surface area contributed by atoms with Crippen LogP contribution in [-0.2, 0) is 9.59 Å². The van der Waals surface area contributed by atoms with Crippen LogP contribution in [0.15, 0.2) is 83.1 Å². The monoisotopic (exact) mass is 492 g/mol. The zero-order chi connectivity index (χ0) is 22.7. The van der Waals surface area contributed by atoms with Gasteiger partial charge in [-0.2, -0.15) is 0 Å². The highest BCUT2D eigenvalue weighted by molar-refractivity contribution is 9.10. The molecule has 1 aliphatic heterocycles. The van der Waals surface area contributed by atoms with E-state index in [4.69, 9.17) is 4.74 Å². The van der Waals surface area contributed by atoms with E-state index in [1.165, 1.54) is 4.90 Å². The lowest BCUT2D eigenvalue weighted by Crippen LogP contribution is -2.29. The van der Waals surface area contributed by atoms with Crippen molar-refractivity contribution in [3.8, 4) is 5.75 Å². The summed E-state index contributed by atoms with van der Waals surface area (Å²) in [6.07, 6.45) is 4.07. The number of aliphatic hydroxyl groups excluding tert-OH is 1. The molecule has 0 spiro atoms. The van der Waals surface area contributed by atoms with E-state index in [-0.39, 0.29) is 11.3 Å². The van der Waals surface area contributed by atoms with Gasteiger partial charge in [0, 0.05) is 28.1 Å². The van der Waals surface area contributed by atoms with Crippen LogP contribution in [0.1, 0.15) is 30.5 Å². The minimum absolute atomic E-state index is 0.0337. The minimum Gasteiger partial charge on any atom is -0.507 e. The molecule has 1 aromatic heterocycles. The lowest BCUT2D eigenvalue weighted by atomic mass is 9.95. The Morgan fingerprint density at radius 1 is 1.03 bits per heavy atom. The molecular formula is C25H21BrN2O4. The van der Waals surface area contributed by atoms with Crippen molar-refractivity contribution in [3.63, 3.8) is 0 Å². The first-order valence-corrected chi connectivity index (χ1v) is 11.0. The molecule has 0 saturated carbocycles. The first kappa shape index (κ1) is 21.8. The highest BCUT2D eigenvalue weighted by Crippen LogP contribution is 2.42. The highest BCUT2D eigenvalue weighted by Gasteiger charge is 2.46. The van der Waals surface area contributed by atoms with Crippen molar-refractivity contribution in [1.29, 1.82) is 0 Å². The van der Waals surface area contributed by atoms with Crippen LogP contribution >= 0.6 is 15.9 Å². The Morgan fingerprint density at radius 3 is 2.31 bits per heavy atom. The largest absolute Gasteiger partial charge is 0.507 e. The van der Waals surface area contributed by atoms with E-state index in [1.54, 1.807) is 73.1 Å². The Kier molecular flexibility index (Phi) is 6.37. The van der Waals surface area contributed by atoms with Gasteiger partial charge in [-0.05, 0) is 72.6 Å². The summed E-state index contributed by atoms with van der Waals surface area (Å²) in [6, 6.07) is 16.6. The number of nitrogens with zero attached hydrogens (tertiary/aromatic N) is 2. The molecule has 1 saturated heterocycles. The maximum atomic E-state index is 13.1. The van der Waals surface area contributed by atoms with Crippen molar-refractivity contribution in [2.24, 2.45) is 0 Å². The standard InChI is InChI=1S/C25H21BrN2O4/c1-2-15-32-20-9-3-17(4-10-20)23(29)21-22(16-11-13-27-14-12-16)28(25(31)24(21)30)19-7-5-18(26)6-8-19/h3-14,22,29H,2,15H2,1H3/b23-21-. The van der Waals surface area contributed by atoms with Gasteiger partial charge < -0.3 is 9.84 Å². The Balaban J connectivity index is 1.82. The van der Waals surface area contributed by atoms with Crippen LogP contribution in [0.5, 0.6) is 5.75 Å². The number of ether oxygens (including phenoxy) is 1. The van der Waals surface area contributed by atoms with Gasteiger partial charge in [0.25, 0.3) is 11.7 Å². The number of halogens is 1. The number of rotatable bonds is 6. The Hall–Kier alpha value is -3.45. The average Bonchev–Trinajstić information content (AvgIpc) is 3.09. The Labute approximate surface area is 194 Å². The van der Waals surface area contributed by atoms with Gasteiger partial charge in [0.2, 0.25) is 0 Å². The second-order valence-corrected chi connectivity index (χ2v) is 8.21. The SMILES string of the molecule is CCCOc1ccc(/C(O)=C2/C(=O)C(=O)N(c3ccc(Br)cc3)C2c2ccncc2)cc1. The summed E-state index contributed by atoms with van der Waals surface area (Å²) >= 11 is 3.39. The molecule has 1 fully saturated rings. The molecule has 1 aliphatic rings. The first-order valence-electron chi connectivity index (χ1n) is 10.2. The maximum Gasteiger partial charge on any atom is 0.300 e. The molecule has 2 heterocycles. The maximum absolute atomic E-state index is 13.1. The number of amides is 1. The molecular weight excluding hydrogens is 472 g/mol. The van der Waals surface area contributed by atoms with Gasteiger partial charge in [-0.1, -0.05) is 22.9 Å². The van der Waals surface area contributed by atoms with E-state index >= 15 is 0 Å². The predicted molar refractivity (Wildman–Crippen MR) is 125 cm³/mol. The number of aliphatic hydroxyl groups is 1. The van der Waals surface area contributed by atoms with E-state index in [1.807, 2.05) is 6.92 Å². The van der Waals surface area contributed by atoms with Crippen LogP contribution in [0.4, 0.5) is 5.69 Å². The van der Waals surface area contributed by atoms with Crippen LogP contribution in [0, 0.1) is 0 Å². The van der Waals surface area contributed by atoms with Crippen molar-refractivity contribution in [1.82, 2.24) is 4.98 Å². The number of pyridine rings is 1. The summed E-state index contributed by atoms with van der Waals surface area (Å²) in [5, 5.41) is 11.1. The minimum atomic E-state index is -0.782. The number of ketones is 1. The molecule has 1 amide bonds. The molecule has 0 radical (unpaired) electrons. The van der Waals surface area contributed by atoms with Crippen molar-refractivity contribution in [3.05, 3.63) is 94.2 Å². The smallest absolute Gasteiger partial charge is 0.300 e. The van der Waals surface area contributed by atoms with Crippen molar-refractivity contribution >= 4 is 39.1 Å². The number of benzene rings is 2. The van der Waals surface area contributed by atoms with E-state index in [0.717, 1.165) is 10.9 Å². The number of Topliss-reactive ketones (excluding diaryl/α,β-unsaturated/α-hetero) is 1. The zero-order valence-corrected chi connectivity index (χ0v) is 19.0. The zero-order valence-electron chi connectivity index (χ0n) is 17.4. The average molecular weight is 493 g/mol. The predicted octanol–water partition coefficient (Wildman–Crippen LogP) is 5.26. The molecule has 7 heteroatoms. The Morgan fingerprint density at radius 2 is 1.69 bits per heavy atom. The third kappa shape index (κ3) is 4.16. The lowest BCUT2D eigenvalue weighted by Gasteiger charge is -2.25. The quantitative estimate of drug-likeness (QED) is 0.288. The summed E-state index contributed by atoms with van der Waals surface area (Å²) in [5.74, 6) is -0.992. The number of anilines is 1. The van der Waals surface area contributed by atoms with Crippen LogP contribution in [0.25, 0.3) is 5.76 Å². The van der Waals surface area contributed by atoms with Gasteiger partial charge >= 0.3 is 0 Å². The topological polar surface area (TPSA) is 79.7 Å². The summed E-state index contributed by atoms with van der Waals surface area (Å²) in [7, 11) is 0. The fourth-order valence-corrected chi connectivity index (χ4v) is 3.91. The first-order chi connectivity index (χ1) is 15.5. The highest BCUT2D eigenvalue weighted by atomic mass is 79.9. The van der Waals surface area contributed by atoms with Crippen LogP contribution in [0.3, 0.4) is 0 Å². The van der Waals surface area contributed by atoms with Crippen molar-refractivity contribution < 1.29 is 19.4 Å². The van der Waals surface area contributed by atoms with Gasteiger partial charge in [-0.3, -0.25) is 19.5 Å². The van der Waals surface area contributed by atoms with E-state index in [9.17, 15) is 14.7 Å². The molecule has 1 unspecified atom stereocenters. The van der Waals surface area contributed by atoms with Gasteiger partial charge in [-0.25, -0.2) is 0 Å². The second-order valence-electron chi connectivity index (χ2n) is 7.30.